The molecule has 1 spiro atoms. The Morgan fingerprint density at radius 3 is 2.77 bits per heavy atom. The quantitative estimate of drug-likeness (QED) is 0.475. The summed E-state index contributed by atoms with van der Waals surface area (Å²) in [4.78, 5) is 53.4. The fourth-order valence-electron chi connectivity index (χ4n) is 5.54. The van der Waals surface area contributed by atoms with E-state index in [1.165, 1.54) is 27.8 Å². The van der Waals surface area contributed by atoms with Gasteiger partial charge < -0.3 is 20.7 Å². The second kappa shape index (κ2) is 9.22. The number of nitrogens with two attached hydrogens (primary N) is 1. The molecule has 3 aliphatic rings. The number of aromatic nitrogens is 2. The highest BCUT2D eigenvalue weighted by Crippen LogP contribution is 2.42. The smallest absolute Gasteiger partial charge is 0.325 e. The SMILES string of the molecule is NC(=O)Cn1cc(-c2ccc3c(c2)CCC32NC(=O)N(CC(=O)N3CCOc4ccc(F)cc4C3)C2=O)cn1. The van der Waals surface area contributed by atoms with Gasteiger partial charge in [0, 0.05) is 23.9 Å². The molecule has 1 saturated heterocycles. The first kappa shape index (κ1) is 24.6. The number of rotatable bonds is 5. The summed E-state index contributed by atoms with van der Waals surface area (Å²) in [5, 5.41) is 6.99. The van der Waals surface area contributed by atoms with Gasteiger partial charge >= 0.3 is 6.03 Å². The van der Waals surface area contributed by atoms with Gasteiger partial charge in [-0.25, -0.2) is 9.18 Å². The second-order valence-electron chi connectivity index (χ2n) is 9.91. The Labute approximate surface area is 222 Å². The predicted octanol–water partition coefficient (Wildman–Crippen LogP) is 1.29. The van der Waals surface area contributed by atoms with Gasteiger partial charge in [0.15, 0.2) is 0 Å². The van der Waals surface area contributed by atoms with Crippen molar-refractivity contribution in [3.8, 4) is 16.9 Å². The third kappa shape index (κ3) is 4.27. The van der Waals surface area contributed by atoms with E-state index in [9.17, 15) is 23.6 Å². The first-order valence-corrected chi connectivity index (χ1v) is 12.5. The lowest BCUT2D eigenvalue weighted by Gasteiger charge is -2.24. The number of imide groups is 1. The molecule has 12 heteroatoms. The van der Waals surface area contributed by atoms with Gasteiger partial charge in [-0.15, -0.1) is 0 Å². The van der Waals surface area contributed by atoms with E-state index in [-0.39, 0.29) is 26.2 Å². The van der Waals surface area contributed by atoms with Crippen LogP contribution in [0.4, 0.5) is 9.18 Å². The summed E-state index contributed by atoms with van der Waals surface area (Å²) >= 11 is 0. The third-order valence-corrected chi connectivity index (χ3v) is 7.44. The number of carbonyl (C=O) groups is 4. The molecule has 39 heavy (non-hydrogen) atoms. The van der Waals surface area contributed by atoms with E-state index in [0.717, 1.165) is 21.6 Å². The Balaban J connectivity index is 1.20. The van der Waals surface area contributed by atoms with Crippen molar-refractivity contribution >= 4 is 23.8 Å². The summed E-state index contributed by atoms with van der Waals surface area (Å²) in [6.07, 6.45) is 4.27. The minimum Gasteiger partial charge on any atom is -0.491 e. The Hall–Kier alpha value is -4.74. The molecule has 1 unspecified atom stereocenters. The zero-order valence-corrected chi connectivity index (χ0v) is 20.9. The summed E-state index contributed by atoms with van der Waals surface area (Å²) < 4.78 is 20.8. The minimum absolute atomic E-state index is 0.0308. The first-order chi connectivity index (χ1) is 18.7. The number of benzene rings is 2. The van der Waals surface area contributed by atoms with Crippen molar-refractivity contribution in [2.24, 2.45) is 5.73 Å². The maximum Gasteiger partial charge on any atom is 0.325 e. The van der Waals surface area contributed by atoms with Crippen LogP contribution in [0.2, 0.25) is 0 Å². The van der Waals surface area contributed by atoms with Crippen molar-refractivity contribution in [3.05, 3.63) is 71.3 Å². The number of nitrogens with zero attached hydrogens (tertiary/aromatic N) is 4. The number of halogens is 1. The van der Waals surface area contributed by atoms with Crippen molar-refractivity contribution < 1.29 is 28.3 Å². The van der Waals surface area contributed by atoms with Crippen LogP contribution < -0.4 is 15.8 Å². The van der Waals surface area contributed by atoms with Crippen molar-refractivity contribution in [1.82, 2.24) is 24.9 Å². The lowest BCUT2D eigenvalue weighted by Crippen LogP contribution is -2.45. The second-order valence-corrected chi connectivity index (χ2v) is 9.91. The zero-order chi connectivity index (χ0) is 27.3. The molecule has 0 bridgehead atoms. The van der Waals surface area contributed by atoms with Gasteiger partial charge in [-0.2, -0.15) is 5.10 Å². The number of urea groups is 1. The Kier molecular flexibility index (Phi) is 5.82. The molecular weight excluding hydrogens is 507 g/mol. The highest BCUT2D eigenvalue weighted by molar-refractivity contribution is 6.10. The molecule has 6 rings (SSSR count). The van der Waals surface area contributed by atoms with Gasteiger partial charge in [0.25, 0.3) is 5.91 Å². The Morgan fingerprint density at radius 1 is 1.10 bits per heavy atom. The minimum atomic E-state index is -1.24. The maximum absolute atomic E-state index is 13.8. The average Bonchev–Trinajstić information content (AvgIpc) is 3.52. The average molecular weight is 533 g/mol. The molecule has 0 radical (unpaired) electrons. The van der Waals surface area contributed by atoms with Gasteiger partial charge in [-0.05, 0) is 47.7 Å². The molecule has 1 fully saturated rings. The number of hydrogen-bond donors (Lipinski definition) is 2. The number of fused-ring (bicyclic) bond motifs is 3. The van der Waals surface area contributed by atoms with Crippen LogP contribution in [0.3, 0.4) is 0 Å². The van der Waals surface area contributed by atoms with E-state index in [4.69, 9.17) is 10.5 Å². The lowest BCUT2D eigenvalue weighted by molar-refractivity contribution is -0.139. The molecule has 3 aromatic rings. The van der Waals surface area contributed by atoms with Crippen LogP contribution in [0, 0.1) is 5.82 Å². The lowest BCUT2D eigenvalue weighted by atomic mass is 9.90. The third-order valence-electron chi connectivity index (χ3n) is 7.44. The number of nitrogens with one attached hydrogen (secondary N) is 1. The van der Waals surface area contributed by atoms with Crippen LogP contribution in [0.5, 0.6) is 5.75 Å². The predicted molar refractivity (Wildman–Crippen MR) is 134 cm³/mol. The van der Waals surface area contributed by atoms with Crippen LogP contribution in [0.1, 0.15) is 23.1 Å². The van der Waals surface area contributed by atoms with Crippen LogP contribution in [0.15, 0.2) is 48.8 Å². The molecular formula is C27H25FN6O5. The molecule has 1 aliphatic carbocycles. The van der Waals surface area contributed by atoms with Crippen LogP contribution in [-0.2, 0) is 39.4 Å². The van der Waals surface area contributed by atoms with Gasteiger partial charge in [0.1, 0.15) is 36.8 Å². The Bertz CT molecular complexity index is 1540. The highest BCUT2D eigenvalue weighted by atomic mass is 19.1. The van der Waals surface area contributed by atoms with E-state index in [1.807, 2.05) is 18.2 Å². The number of hydrogen-bond acceptors (Lipinski definition) is 6. The number of amides is 5. The van der Waals surface area contributed by atoms with Gasteiger partial charge in [-0.1, -0.05) is 18.2 Å². The van der Waals surface area contributed by atoms with E-state index in [0.29, 0.717) is 29.7 Å². The standard InChI is InChI=1S/C27H25FN6O5/c28-20-2-4-22-18(10-20)12-32(7-8-39-22)24(36)15-34-25(37)27(31-26(34)38)6-5-17-9-16(1-3-21(17)27)19-11-30-33(13-19)14-23(29)35/h1-4,9-11,13H,5-8,12,14-15H2,(H2,29,35)(H,31,38). The topological polar surface area (TPSA) is 140 Å². The van der Waals surface area contributed by atoms with E-state index in [2.05, 4.69) is 10.4 Å². The molecule has 1 atom stereocenters. The van der Waals surface area contributed by atoms with E-state index >= 15 is 0 Å². The molecule has 200 valence electrons. The molecule has 0 saturated carbocycles. The Morgan fingerprint density at radius 2 is 1.95 bits per heavy atom. The summed E-state index contributed by atoms with van der Waals surface area (Å²) in [6.45, 7) is 0.111. The molecule has 3 heterocycles. The maximum atomic E-state index is 13.8. The molecule has 11 nitrogen and oxygen atoms in total. The van der Waals surface area contributed by atoms with Crippen LogP contribution >= 0.6 is 0 Å². The highest BCUT2D eigenvalue weighted by Gasteiger charge is 2.55. The number of carbonyl (C=O) groups excluding carboxylic acids is 4. The van der Waals surface area contributed by atoms with Gasteiger partial charge in [0.05, 0.1) is 12.7 Å². The van der Waals surface area contributed by atoms with Crippen molar-refractivity contribution in [1.29, 1.82) is 0 Å². The van der Waals surface area contributed by atoms with Gasteiger partial charge in [0.2, 0.25) is 11.8 Å². The van der Waals surface area contributed by atoms with E-state index in [1.54, 1.807) is 12.4 Å². The van der Waals surface area contributed by atoms with Crippen molar-refractivity contribution in [2.75, 3.05) is 19.7 Å². The van der Waals surface area contributed by atoms with E-state index < -0.39 is 41.7 Å². The summed E-state index contributed by atoms with van der Waals surface area (Å²) in [5.74, 6) is -1.34. The van der Waals surface area contributed by atoms with Crippen LogP contribution in [0.25, 0.3) is 11.1 Å². The molecule has 3 N–H and O–H groups in total. The summed E-state index contributed by atoms with van der Waals surface area (Å²) in [5.41, 5.74) is 7.76. The molecule has 2 aliphatic heterocycles. The van der Waals surface area contributed by atoms with Gasteiger partial charge in [-0.3, -0.25) is 24.0 Å². The summed E-state index contributed by atoms with van der Waals surface area (Å²) in [7, 11) is 0. The monoisotopic (exact) mass is 532 g/mol. The summed E-state index contributed by atoms with van der Waals surface area (Å²) in [6, 6.07) is 9.09. The molecule has 5 amide bonds. The normalized spacial score (nSPS) is 19.9. The number of primary amides is 1. The largest absolute Gasteiger partial charge is 0.491 e. The number of ether oxygens (including phenoxy) is 1. The van der Waals surface area contributed by atoms with Crippen molar-refractivity contribution in [2.45, 2.75) is 31.5 Å². The molecule has 1 aromatic heterocycles. The fourth-order valence-corrected chi connectivity index (χ4v) is 5.54. The zero-order valence-electron chi connectivity index (χ0n) is 20.9. The fraction of sp³-hybridized carbons (Fsp3) is 0.296. The van der Waals surface area contributed by atoms with Crippen molar-refractivity contribution in [3.63, 3.8) is 0 Å². The number of aryl methyl sites for hydroxylation is 1. The van der Waals surface area contributed by atoms with Crippen LogP contribution in [-0.4, -0.2) is 63.0 Å². The molecule has 2 aromatic carbocycles. The first-order valence-electron chi connectivity index (χ1n) is 12.5.